The van der Waals surface area contributed by atoms with Crippen LogP contribution in [0.3, 0.4) is 0 Å². The van der Waals surface area contributed by atoms with Crippen LogP contribution in [-0.2, 0) is 19.0 Å². The molecule has 0 aliphatic heterocycles. The van der Waals surface area contributed by atoms with Crippen molar-refractivity contribution in [2.45, 2.75) is 19.0 Å². The number of benzene rings is 1. The predicted octanol–water partition coefficient (Wildman–Crippen LogP) is 1.91. The Balaban J connectivity index is 1.42. The van der Waals surface area contributed by atoms with Crippen molar-refractivity contribution in [1.82, 2.24) is 19.9 Å². The van der Waals surface area contributed by atoms with Crippen molar-refractivity contribution in [2.24, 2.45) is 0 Å². The van der Waals surface area contributed by atoms with Gasteiger partial charge in [-0.1, -0.05) is 30.3 Å². The molecule has 0 aliphatic rings. The molecule has 9 heteroatoms. The maximum atomic E-state index is 12.1. The second-order valence-electron chi connectivity index (χ2n) is 5.66. The Labute approximate surface area is 160 Å². The SMILES string of the molecule is O=c1[nH]c(NCCSCc2nc[nH]c2CO)ncc1OCc1ccccc1. The molecule has 0 spiro atoms. The summed E-state index contributed by atoms with van der Waals surface area (Å²) in [6, 6.07) is 9.63. The van der Waals surface area contributed by atoms with Crippen LogP contribution < -0.4 is 15.6 Å². The standard InChI is InChI=1S/C18H21N5O3S/c24-9-14-15(22-12-21-14)11-27-7-6-19-18-20-8-16(17(25)23-18)26-10-13-4-2-1-3-5-13/h1-5,8,12,24H,6-7,9-11H2,(H,21,22)(H2,19,20,23,25). The van der Waals surface area contributed by atoms with Crippen LogP contribution in [0.15, 0.2) is 47.7 Å². The molecule has 142 valence electrons. The van der Waals surface area contributed by atoms with Crippen LogP contribution in [0, 0.1) is 0 Å². The fourth-order valence-corrected chi connectivity index (χ4v) is 3.17. The van der Waals surface area contributed by atoms with Gasteiger partial charge in [0, 0.05) is 18.1 Å². The number of H-pyrrole nitrogens is 2. The first-order chi connectivity index (χ1) is 13.3. The van der Waals surface area contributed by atoms with E-state index in [-0.39, 0.29) is 17.9 Å². The number of anilines is 1. The molecule has 1 aromatic carbocycles. The lowest BCUT2D eigenvalue weighted by Crippen LogP contribution is -2.16. The quantitative estimate of drug-likeness (QED) is 0.393. The van der Waals surface area contributed by atoms with Crippen LogP contribution in [0.25, 0.3) is 0 Å². The van der Waals surface area contributed by atoms with Crippen LogP contribution in [0.4, 0.5) is 5.95 Å². The van der Waals surface area contributed by atoms with Crippen molar-refractivity contribution in [3.05, 3.63) is 70.2 Å². The summed E-state index contributed by atoms with van der Waals surface area (Å²) < 4.78 is 5.52. The summed E-state index contributed by atoms with van der Waals surface area (Å²) in [5.74, 6) is 2.10. The highest BCUT2D eigenvalue weighted by molar-refractivity contribution is 7.98. The largest absolute Gasteiger partial charge is 0.482 e. The predicted molar refractivity (Wildman–Crippen MR) is 105 cm³/mol. The number of aliphatic hydroxyl groups is 1. The summed E-state index contributed by atoms with van der Waals surface area (Å²) in [7, 11) is 0. The zero-order valence-corrected chi connectivity index (χ0v) is 15.5. The Bertz CT molecular complexity index is 897. The number of nitrogens with zero attached hydrogens (tertiary/aromatic N) is 2. The smallest absolute Gasteiger partial charge is 0.294 e. The molecule has 0 amide bonds. The van der Waals surface area contributed by atoms with Crippen molar-refractivity contribution < 1.29 is 9.84 Å². The summed E-state index contributed by atoms with van der Waals surface area (Å²) in [6.07, 6.45) is 3.00. The van der Waals surface area contributed by atoms with E-state index in [1.165, 1.54) is 6.20 Å². The molecule has 0 aliphatic carbocycles. The van der Waals surface area contributed by atoms with Crippen LogP contribution in [0.1, 0.15) is 17.0 Å². The Hall–Kier alpha value is -2.78. The molecule has 0 atom stereocenters. The highest BCUT2D eigenvalue weighted by Gasteiger charge is 2.06. The molecular formula is C18H21N5O3S. The summed E-state index contributed by atoms with van der Waals surface area (Å²) in [5.41, 5.74) is 2.26. The van der Waals surface area contributed by atoms with E-state index in [0.717, 1.165) is 22.7 Å². The lowest BCUT2D eigenvalue weighted by Gasteiger charge is -2.08. The van der Waals surface area contributed by atoms with Gasteiger partial charge in [-0.25, -0.2) is 9.97 Å². The lowest BCUT2D eigenvalue weighted by atomic mass is 10.2. The minimum Gasteiger partial charge on any atom is -0.482 e. The summed E-state index contributed by atoms with van der Waals surface area (Å²) in [4.78, 5) is 26.0. The molecule has 0 saturated heterocycles. The number of thioether (sulfide) groups is 1. The average Bonchev–Trinajstić information content (AvgIpc) is 3.15. The van der Waals surface area contributed by atoms with Gasteiger partial charge >= 0.3 is 0 Å². The molecule has 27 heavy (non-hydrogen) atoms. The first-order valence-electron chi connectivity index (χ1n) is 8.46. The van der Waals surface area contributed by atoms with Gasteiger partial charge in [-0.15, -0.1) is 0 Å². The number of nitrogens with one attached hydrogen (secondary N) is 3. The minimum atomic E-state index is -0.319. The van der Waals surface area contributed by atoms with E-state index in [1.807, 2.05) is 30.3 Å². The maximum absolute atomic E-state index is 12.1. The van der Waals surface area contributed by atoms with Gasteiger partial charge in [0.05, 0.1) is 30.5 Å². The van der Waals surface area contributed by atoms with Crippen LogP contribution >= 0.6 is 11.8 Å². The molecule has 3 aromatic rings. The third kappa shape index (κ3) is 5.60. The first-order valence-corrected chi connectivity index (χ1v) is 9.61. The highest BCUT2D eigenvalue weighted by atomic mass is 32.2. The third-order valence-corrected chi connectivity index (χ3v) is 4.72. The average molecular weight is 387 g/mol. The molecule has 0 bridgehead atoms. The number of imidazole rings is 1. The van der Waals surface area contributed by atoms with Gasteiger partial charge in [-0.05, 0) is 5.56 Å². The summed E-state index contributed by atoms with van der Waals surface area (Å²) >= 11 is 1.67. The van der Waals surface area contributed by atoms with Gasteiger partial charge in [-0.3, -0.25) is 9.78 Å². The van der Waals surface area contributed by atoms with Crippen molar-refractivity contribution >= 4 is 17.7 Å². The van der Waals surface area contributed by atoms with E-state index in [0.29, 0.717) is 24.9 Å². The van der Waals surface area contributed by atoms with Gasteiger partial charge in [0.2, 0.25) is 11.7 Å². The molecule has 4 N–H and O–H groups in total. The Morgan fingerprint density at radius 2 is 2.07 bits per heavy atom. The van der Waals surface area contributed by atoms with E-state index >= 15 is 0 Å². The summed E-state index contributed by atoms with van der Waals surface area (Å²) in [6.45, 7) is 0.909. The van der Waals surface area contributed by atoms with Crippen LogP contribution in [-0.4, -0.2) is 37.3 Å². The minimum absolute atomic E-state index is 0.0437. The molecular weight excluding hydrogens is 366 g/mol. The van der Waals surface area contributed by atoms with Gasteiger partial charge in [0.25, 0.3) is 5.56 Å². The van der Waals surface area contributed by atoms with Gasteiger partial charge in [0.1, 0.15) is 6.61 Å². The van der Waals surface area contributed by atoms with Crippen molar-refractivity contribution in [2.75, 3.05) is 17.6 Å². The zero-order chi connectivity index (χ0) is 18.9. The zero-order valence-electron chi connectivity index (χ0n) is 14.6. The van der Waals surface area contributed by atoms with E-state index in [9.17, 15) is 4.79 Å². The summed E-state index contributed by atoms with van der Waals surface area (Å²) in [5, 5.41) is 12.2. The Morgan fingerprint density at radius 3 is 2.85 bits per heavy atom. The van der Waals surface area contributed by atoms with Crippen molar-refractivity contribution in [3.63, 3.8) is 0 Å². The second-order valence-corrected chi connectivity index (χ2v) is 6.77. The number of hydrogen-bond acceptors (Lipinski definition) is 7. The van der Waals surface area contributed by atoms with Crippen molar-refractivity contribution in [1.29, 1.82) is 0 Å². The normalized spacial score (nSPS) is 10.7. The maximum Gasteiger partial charge on any atom is 0.294 e. The monoisotopic (exact) mass is 387 g/mol. The highest BCUT2D eigenvalue weighted by Crippen LogP contribution is 2.13. The van der Waals surface area contributed by atoms with Crippen LogP contribution in [0.5, 0.6) is 5.75 Å². The van der Waals surface area contributed by atoms with E-state index in [1.54, 1.807) is 18.1 Å². The topological polar surface area (TPSA) is 116 Å². The molecule has 2 aromatic heterocycles. The molecule has 0 radical (unpaired) electrons. The molecule has 2 heterocycles. The fraction of sp³-hybridized carbons (Fsp3) is 0.278. The van der Waals surface area contributed by atoms with E-state index < -0.39 is 0 Å². The van der Waals surface area contributed by atoms with Gasteiger partial charge < -0.3 is 20.1 Å². The van der Waals surface area contributed by atoms with Crippen molar-refractivity contribution in [3.8, 4) is 5.75 Å². The number of aromatic nitrogens is 4. The molecule has 8 nitrogen and oxygen atoms in total. The second kappa shape index (κ2) is 9.79. The Kier molecular flexibility index (Phi) is 6.89. The first kappa shape index (κ1) is 19.0. The molecule has 0 unspecified atom stereocenters. The number of aromatic amines is 2. The molecule has 3 rings (SSSR count). The molecule has 0 saturated carbocycles. The lowest BCUT2D eigenvalue weighted by molar-refractivity contribution is 0.276. The van der Waals surface area contributed by atoms with E-state index in [4.69, 9.17) is 9.84 Å². The molecule has 0 fully saturated rings. The third-order valence-electron chi connectivity index (χ3n) is 3.75. The van der Waals surface area contributed by atoms with Gasteiger partial charge in [0.15, 0.2) is 0 Å². The Morgan fingerprint density at radius 1 is 1.22 bits per heavy atom. The fourth-order valence-electron chi connectivity index (χ4n) is 2.33. The number of hydrogen-bond donors (Lipinski definition) is 4. The number of aliphatic hydroxyl groups excluding tert-OH is 1. The number of ether oxygens (including phenoxy) is 1. The number of rotatable bonds is 10. The van der Waals surface area contributed by atoms with Crippen LogP contribution in [0.2, 0.25) is 0 Å². The van der Waals surface area contributed by atoms with E-state index in [2.05, 4.69) is 25.3 Å². The van der Waals surface area contributed by atoms with Gasteiger partial charge in [-0.2, -0.15) is 11.8 Å².